The van der Waals surface area contributed by atoms with Gasteiger partial charge in [0.05, 0.1) is 9.82 Å². The SMILES string of the molecule is Cc1ccc([N+](=O)[O-])cc1S(=O)(=O)NC1CCC(C)(C)C1. The molecule has 1 unspecified atom stereocenters. The van der Waals surface area contributed by atoms with Gasteiger partial charge in [-0.1, -0.05) is 19.9 Å². The Hall–Kier alpha value is -1.47. The largest absolute Gasteiger partial charge is 0.270 e. The Labute approximate surface area is 124 Å². The smallest absolute Gasteiger partial charge is 0.258 e. The lowest BCUT2D eigenvalue weighted by atomic mass is 9.92. The standard InChI is InChI=1S/C14H20N2O4S/c1-10-4-5-12(16(17)18)8-13(10)21(19,20)15-11-6-7-14(2,3)9-11/h4-5,8,11,15H,6-7,9H2,1-3H3. The summed E-state index contributed by atoms with van der Waals surface area (Å²) in [5, 5.41) is 10.8. The Morgan fingerprint density at radius 2 is 2.05 bits per heavy atom. The van der Waals surface area contributed by atoms with Crippen molar-refractivity contribution in [3.8, 4) is 0 Å². The molecular formula is C14H20N2O4S. The van der Waals surface area contributed by atoms with Crippen LogP contribution >= 0.6 is 0 Å². The zero-order valence-corrected chi connectivity index (χ0v) is 13.2. The van der Waals surface area contributed by atoms with Crippen molar-refractivity contribution >= 4 is 15.7 Å². The summed E-state index contributed by atoms with van der Waals surface area (Å²) in [6.45, 7) is 5.86. The number of benzene rings is 1. The number of nitro groups is 1. The maximum atomic E-state index is 12.5. The van der Waals surface area contributed by atoms with Gasteiger partial charge >= 0.3 is 0 Å². The molecule has 1 aromatic carbocycles. The average molecular weight is 312 g/mol. The van der Waals surface area contributed by atoms with Crippen molar-refractivity contribution in [3.05, 3.63) is 33.9 Å². The van der Waals surface area contributed by atoms with Gasteiger partial charge in [-0.05, 0) is 37.2 Å². The second-order valence-electron chi connectivity index (χ2n) is 6.43. The third-order valence-electron chi connectivity index (χ3n) is 3.96. The molecule has 6 nitrogen and oxygen atoms in total. The summed E-state index contributed by atoms with van der Waals surface area (Å²) in [7, 11) is -3.74. The predicted octanol–water partition coefficient (Wildman–Crippen LogP) is 2.76. The normalized spacial score (nSPS) is 21.4. The van der Waals surface area contributed by atoms with Crippen LogP contribution in [-0.2, 0) is 10.0 Å². The van der Waals surface area contributed by atoms with Crippen LogP contribution in [0.15, 0.2) is 23.1 Å². The number of non-ortho nitro benzene ring substituents is 1. The molecule has 0 bridgehead atoms. The zero-order chi connectivity index (χ0) is 15.8. The van der Waals surface area contributed by atoms with Crippen LogP contribution in [0.1, 0.15) is 38.7 Å². The molecule has 21 heavy (non-hydrogen) atoms. The molecule has 1 saturated carbocycles. The fourth-order valence-electron chi connectivity index (χ4n) is 2.81. The number of sulfonamides is 1. The van der Waals surface area contributed by atoms with Crippen LogP contribution in [-0.4, -0.2) is 19.4 Å². The quantitative estimate of drug-likeness (QED) is 0.684. The van der Waals surface area contributed by atoms with E-state index in [2.05, 4.69) is 18.6 Å². The summed E-state index contributed by atoms with van der Waals surface area (Å²) in [6, 6.07) is 3.79. The summed E-state index contributed by atoms with van der Waals surface area (Å²) in [4.78, 5) is 10.2. The summed E-state index contributed by atoms with van der Waals surface area (Å²) < 4.78 is 27.6. The first-order chi connectivity index (χ1) is 9.61. The number of aryl methyl sites for hydroxylation is 1. The summed E-state index contributed by atoms with van der Waals surface area (Å²) in [5.74, 6) is 0. The van der Waals surface area contributed by atoms with Crippen LogP contribution in [0.3, 0.4) is 0 Å². The zero-order valence-electron chi connectivity index (χ0n) is 12.4. The number of rotatable bonds is 4. The molecule has 0 spiro atoms. The van der Waals surface area contributed by atoms with E-state index in [1.165, 1.54) is 12.1 Å². The van der Waals surface area contributed by atoms with Gasteiger partial charge in [-0.3, -0.25) is 10.1 Å². The van der Waals surface area contributed by atoms with E-state index < -0.39 is 14.9 Å². The number of hydrogen-bond acceptors (Lipinski definition) is 4. The first-order valence-corrected chi connectivity index (χ1v) is 8.36. The highest BCUT2D eigenvalue weighted by molar-refractivity contribution is 7.89. The Kier molecular flexibility index (Phi) is 4.08. The van der Waals surface area contributed by atoms with Crippen LogP contribution < -0.4 is 4.72 Å². The second-order valence-corrected chi connectivity index (χ2v) is 8.11. The summed E-state index contributed by atoms with van der Waals surface area (Å²) in [5.41, 5.74) is 0.420. The Morgan fingerprint density at radius 1 is 1.38 bits per heavy atom. The van der Waals surface area contributed by atoms with Gasteiger partial charge in [0.2, 0.25) is 10.0 Å². The highest BCUT2D eigenvalue weighted by atomic mass is 32.2. The Bertz CT molecular complexity index is 668. The Morgan fingerprint density at radius 3 is 2.57 bits per heavy atom. The van der Waals surface area contributed by atoms with Crippen molar-refractivity contribution in [1.29, 1.82) is 0 Å². The average Bonchev–Trinajstić information content (AvgIpc) is 2.67. The minimum Gasteiger partial charge on any atom is -0.258 e. The third kappa shape index (κ3) is 3.59. The van der Waals surface area contributed by atoms with Crippen molar-refractivity contribution in [2.24, 2.45) is 5.41 Å². The fraction of sp³-hybridized carbons (Fsp3) is 0.571. The maximum Gasteiger partial charge on any atom is 0.270 e. The summed E-state index contributed by atoms with van der Waals surface area (Å²) in [6.07, 6.45) is 2.54. The van der Waals surface area contributed by atoms with Crippen LogP contribution in [0.25, 0.3) is 0 Å². The van der Waals surface area contributed by atoms with E-state index in [9.17, 15) is 18.5 Å². The van der Waals surface area contributed by atoms with Crippen LogP contribution in [0.4, 0.5) is 5.69 Å². The molecule has 1 aromatic rings. The number of nitrogens with one attached hydrogen (secondary N) is 1. The predicted molar refractivity (Wildman–Crippen MR) is 79.6 cm³/mol. The van der Waals surface area contributed by atoms with E-state index in [-0.39, 0.29) is 22.0 Å². The fourth-order valence-corrected chi connectivity index (χ4v) is 4.35. The maximum absolute atomic E-state index is 12.5. The van der Waals surface area contributed by atoms with Crippen molar-refractivity contribution in [1.82, 2.24) is 4.72 Å². The van der Waals surface area contributed by atoms with Gasteiger partial charge in [0.25, 0.3) is 5.69 Å². The monoisotopic (exact) mass is 312 g/mol. The van der Waals surface area contributed by atoms with Crippen molar-refractivity contribution in [3.63, 3.8) is 0 Å². The van der Waals surface area contributed by atoms with Gasteiger partial charge in [-0.25, -0.2) is 13.1 Å². The molecule has 0 saturated heterocycles. The second kappa shape index (κ2) is 5.38. The molecule has 1 N–H and O–H groups in total. The minimum absolute atomic E-state index is 0.0126. The van der Waals surface area contributed by atoms with Crippen LogP contribution in [0.5, 0.6) is 0 Å². The first kappa shape index (κ1) is 15.9. The van der Waals surface area contributed by atoms with Crippen molar-refractivity contribution < 1.29 is 13.3 Å². The molecule has 1 aliphatic rings. The highest BCUT2D eigenvalue weighted by Gasteiger charge is 2.34. The van der Waals surface area contributed by atoms with Gasteiger partial charge in [0.15, 0.2) is 0 Å². The highest BCUT2D eigenvalue weighted by Crippen LogP contribution is 2.37. The van der Waals surface area contributed by atoms with Crippen molar-refractivity contribution in [2.75, 3.05) is 0 Å². The first-order valence-electron chi connectivity index (χ1n) is 6.88. The lowest BCUT2D eigenvalue weighted by molar-refractivity contribution is -0.385. The third-order valence-corrected chi connectivity index (χ3v) is 5.62. The molecule has 0 radical (unpaired) electrons. The molecule has 1 aliphatic carbocycles. The minimum atomic E-state index is -3.74. The van der Waals surface area contributed by atoms with Gasteiger partial charge in [-0.2, -0.15) is 0 Å². The molecule has 2 rings (SSSR count). The van der Waals surface area contributed by atoms with E-state index in [0.717, 1.165) is 25.3 Å². The van der Waals surface area contributed by atoms with Crippen molar-refractivity contribution in [2.45, 2.75) is 51.0 Å². The number of nitro benzene ring substituents is 1. The topological polar surface area (TPSA) is 89.3 Å². The van der Waals surface area contributed by atoms with E-state index in [1.807, 2.05) is 0 Å². The molecular weight excluding hydrogens is 292 g/mol. The molecule has 1 atom stereocenters. The van der Waals surface area contributed by atoms with Crippen LogP contribution in [0, 0.1) is 22.5 Å². The van der Waals surface area contributed by atoms with E-state index in [4.69, 9.17) is 0 Å². The molecule has 0 aliphatic heterocycles. The molecule has 1 fully saturated rings. The Balaban J connectivity index is 2.28. The van der Waals surface area contributed by atoms with Gasteiger partial charge in [-0.15, -0.1) is 0 Å². The van der Waals surface area contributed by atoms with E-state index in [0.29, 0.717) is 5.56 Å². The van der Waals surface area contributed by atoms with E-state index in [1.54, 1.807) is 6.92 Å². The molecule has 116 valence electrons. The molecule has 0 amide bonds. The molecule has 0 aromatic heterocycles. The summed E-state index contributed by atoms with van der Waals surface area (Å²) >= 11 is 0. The number of hydrogen-bond donors (Lipinski definition) is 1. The number of nitrogens with zero attached hydrogens (tertiary/aromatic N) is 1. The van der Waals surface area contributed by atoms with Gasteiger partial charge < -0.3 is 0 Å². The molecule has 7 heteroatoms. The van der Waals surface area contributed by atoms with Crippen LogP contribution in [0.2, 0.25) is 0 Å². The lowest BCUT2D eigenvalue weighted by Crippen LogP contribution is -2.34. The lowest BCUT2D eigenvalue weighted by Gasteiger charge is -2.18. The van der Waals surface area contributed by atoms with Gasteiger partial charge in [0, 0.05) is 18.2 Å². The molecule has 0 heterocycles. The van der Waals surface area contributed by atoms with E-state index >= 15 is 0 Å². The van der Waals surface area contributed by atoms with Gasteiger partial charge in [0.1, 0.15) is 0 Å².